The number of benzene rings is 1. The summed E-state index contributed by atoms with van der Waals surface area (Å²) in [6.45, 7) is 0.611. The van der Waals surface area contributed by atoms with Crippen LogP contribution in [0.15, 0.2) is 24.3 Å². The van der Waals surface area contributed by atoms with Gasteiger partial charge in [0.05, 0.1) is 18.8 Å². The molecule has 1 aromatic rings. The van der Waals surface area contributed by atoms with Gasteiger partial charge in [0, 0.05) is 32.5 Å². The average Bonchev–Trinajstić information content (AvgIpc) is 3.23. The van der Waals surface area contributed by atoms with Crippen molar-refractivity contribution in [2.45, 2.75) is 56.5 Å². The number of amidine groups is 1. The minimum Gasteiger partial charge on any atom is -0.480 e. The molecule has 13 nitrogen and oxygen atoms in total. The van der Waals surface area contributed by atoms with Crippen LogP contribution < -0.4 is 11.5 Å². The molecule has 1 aromatic carbocycles. The van der Waals surface area contributed by atoms with Crippen molar-refractivity contribution in [3.05, 3.63) is 35.4 Å². The highest BCUT2D eigenvalue weighted by Gasteiger charge is 2.38. The van der Waals surface area contributed by atoms with Crippen molar-refractivity contribution in [3.63, 3.8) is 0 Å². The summed E-state index contributed by atoms with van der Waals surface area (Å²) < 4.78 is 36.8. The fourth-order valence-electron chi connectivity index (χ4n) is 3.68. The minimum atomic E-state index is -5.08. The second-order valence-corrected chi connectivity index (χ2v) is 8.89. The first kappa shape index (κ1) is 34.3. The Balaban J connectivity index is 0.00000101. The smallest absolute Gasteiger partial charge is 0.480 e. The van der Waals surface area contributed by atoms with Gasteiger partial charge in [-0.15, -0.1) is 0 Å². The van der Waals surface area contributed by atoms with Gasteiger partial charge in [0.1, 0.15) is 17.7 Å². The Morgan fingerprint density at radius 2 is 1.77 bits per heavy atom. The lowest BCUT2D eigenvalue weighted by molar-refractivity contribution is -0.192. The molecule has 3 atom stereocenters. The number of halogens is 3. The van der Waals surface area contributed by atoms with E-state index in [0.29, 0.717) is 31.4 Å². The number of hydroxylamine groups is 2. The van der Waals surface area contributed by atoms with Crippen molar-refractivity contribution in [2.24, 2.45) is 11.5 Å². The number of nitrogen functional groups attached to an aromatic ring is 1. The van der Waals surface area contributed by atoms with Crippen LogP contribution in [0.5, 0.6) is 0 Å². The molecule has 0 aliphatic carbocycles. The number of ether oxygens (including phenoxy) is 1. The van der Waals surface area contributed by atoms with E-state index in [0.717, 1.165) is 10.5 Å². The monoisotopic (exact) mass is 577 g/mol. The molecule has 0 unspecified atom stereocenters. The second-order valence-electron chi connectivity index (χ2n) is 8.89. The Labute approximate surface area is 228 Å². The number of amides is 1. The first-order valence-electron chi connectivity index (χ1n) is 12.1. The fourth-order valence-corrected chi connectivity index (χ4v) is 3.68. The molecule has 16 heteroatoms. The molecule has 1 saturated heterocycles. The summed E-state index contributed by atoms with van der Waals surface area (Å²) in [6, 6.07) is 5.82. The normalized spacial score (nSPS) is 17.8. The number of nitrogens with zero attached hydrogens (tertiary/aromatic N) is 2. The van der Waals surface area contributed by atoms with Crippen molar-refractivity contribution in [1.29, 1.82) is 5.41 Å². The molecular formula is C24H34F3N5O8. The minimum absolute atomic E-state index is 0.0153. The van der Waals surface area contributed by atoms with Crippen LogP contribution in [-0.2, 0) is 24.0 Å². The quantitative estimate of drug-likeness (QED) is 0.138. The SMILES string of the molecule is CN1O[C@@H](CC(=O)C[C@@H](C(=O)O)N(C)C(=O)OCCCCN)C[C@H]1c1ccc(C(=N)N)cc1.O=C(O)C(F)(F)F. The maximum atomic E-state index is 12.6. The third kappa shape index (κ3) is 11.2. The van der Waals surface area contributed by atoms with Crippen LogP contribution >= 0.6 is 0 Å². The molecule has 7 N–H and O–H groups in total. The van der Waals surface area contributed by atoms with Crippen LogP contribution in [-0.4, -0.2) is 95.4 Å². The van der Waals surface area contributed by atoms with Crippen LogP contribution in [0, 0.1) is 5.41 Å². The van der Waals surface area contributed by atoms with E-state index in [1.54, 1.807) is 24.2 Å². The first-order valence-corrected chi connectivity index (χ1v) is 12.1. The summed E-state index contributed by atoms with van der Waals surface area (Å²) in [7, 11) is 3.07. The molecule has 0 spiro atoms. The Morgan fingerprint density at radius 1 is 1.20 bits per heavy atom. The number of aliphatic carboxylic acids is 2. The molecule has 1 aliphatic heterocycles. The van der Waals surface area contributed by atoms with Crippen LogP contribution in [0.3, 0.4) is 0 Å². The van der Waals surface area contributed by atoms with Crippen molar-refractivity contribution < 1.29 is 52.1 Å². The third-order valence-electron chi connectivity index (χ3n) is 5.83. The number of carbonyl (C=O) groups is 4. The second kappa shape index (κ2) is 15.7. The number of ketones is 1. The van der Waals surface area contributed by atoms with E-state index in [-0.39, 0.29) is 37.1 Å². The van der Waals surface area contributed by atoms with Gasteiger partial charge in [0.2, 0.25) is 0 Å². The van der Waals surface area contributed by atoms with Crippen LogP contribution in [0.1, 0.15) is 49.3 Å². The van der Waals surface area contributed by atoms with Gasteiger partial charge in [-0.05, 0) is 31.4 Å². The van der Waals surface area contributed by atoms with Crippen molar-refractivity contribution >= 4 is 29.7 Å². The van der Waals surface area contributed by atoms with Crippen LogP contribution in [0.2, 0.25) is 0 Å². The molecule has 224 valence electrons. The Hall–Kier alpha value is -3.76. The van der Waals surface area contributed by atoms with E-state index in [2.05, 4.69) is 0 Å². The summed E-state index contributed by atoms with van der Waals surface area (Å²) >= 11 is 0. The number of alkyl halides is 3. The van der Waals surface area contributed by atoms with Gasteiger partial charge in [-0.3, -0.25) is 19.9 Å². The predicted octanol–water partition coefficient (Wildman–Crippen LogP) is 1.89. The molecule has 1 amide bonds. The molecule has 0 bridgehead atoms. The molecule has 0 saturated carbocycles. The molecule has 1 fully saturated rings. The lowest BCUT2D eigenvalue weighted by Crippen LogP contribution is -2.44. The summed E-state index contributed by atoms with van der Waals surface area (Å²) in [4.78, 5) is 52.0. The van der Waals surface area contributed by atoms with Gasteiger partial charge >= 0.3 is 24.2 Å². The third-order valence-corrected chi connectivity index (χ3v) is 5.83. The van der Waals surface area contributed by atoms with E-state index in [1.807, 2.05) is 12.1 Å². The summed E-state index contributed by atoms with van der Waals surface area (Å²) in [6.07, 6.45) is -4.80. The lowest BCUT2D eigenvalue weighted by atomic mass is 9.97. The molecule has 0 aromatic heterocycles. The number of unbranched alkanes of at least 4 members (excludes halogenated alkanes) is 1. The highest BCUT2D eigenvalue weighted by atomic mass is 19.4. The number of hydrogen-bond acceptors (Lipinski definition) is 9. The molecule has 2 rings (SSSR count). The topological polar surface area (TPSA) is 210 Å². The van der Waals surface area contributed by atoms with Crippen molar-refractivity contribution in [1.82, 2.24) is 9.96 Å². The van der Waals surface area contributed by atoms with Gasteiger partial charge in [0.15, 0.2) is 0 Å². The van der Waals surface area contributed by atoms with Crippen LogP contribution in [0.25, 0.3) is 0 Å². The van der Waals surface area contributed by atoms with E-state index >= 15 is 0 Å². The molecule has 40 heavy (non-hydrogen) atoms. The van der Waals surface area contributed by atoms with Crippen molar-refractivity contribution in [2.75, 3.05) is 27.2 Å². The lowest BCUT2D eigenvalue weighted by Gasteiger charge is -2.24. The Kier molecular flexibility index (Phi) is 13.5. The number of nitrogens with two attached hydrogens (primary N) is 2. The van der Waals surface area contributed by atoms with Crippen molar-refractivity contribution in [3.8, 4) is 0 Å². The molecular weight excluding hydrogens is 543 g/mol. The van der Waals surface area contributed by atoms with Gasteiger partial charge in [-0.2, -0.15) is 18.2 Å². The van der Waals surface area contributed by atoms with E-state index in [1.165, 1.54) is 7.05 Å². The Morgan fingerprint density at radius 3 is 2.25 bits per heavy atom. The average molecular weight is 578 g/mol. The van der Waals surface area contributed by atoms with E-state index in [4.69, 9.17) is 36.4 Å². The Bertz CT molecular complexity index is 1040. The van der Waals surface area contributed by atoms with E-state index in [9.17, 15) is 32.7 Å². The molecule has 0 radical (unpaired) electrons. The summed E-state index contributed by atoms with van der Waals surface area (Å²) in [5.74, 6) is -4.38. The largest absolute Gasteiger partial charge is 0.490 e. The highest BCUT2D eigenvalue weighted by molar-refractivity contribution is 5.94. The van der Waals surface area contributed by atoms with E-state index < -0.39 is 36.4 Å². The maximum absolute atomic E-state index is 12.6. The number of nitrogens with one attached hydrogen (secondary N) is 1. The molecule has 1 heterocycles. The number of carboxylic acid groups (broad SMARTS) is 2. The number of likely N-dealkylation sites (N-methyl/N-ethyl adjacent to an activating group) is 1. The number of carboxylic acids is 2. The number of rotatable bonds is 12. The van der Waals surface area contributed by atoms with Gasteiger partial charge < -0.3 is 26.4 Å². The van der Waals surface area contributed by atoms with Crippen LogP contribution in [0.4, 0.5) is 18.0 Å². The first-order chi connectivity index (χ1) is 18.6. The summed E-state index contributed by atoms with van der Waals surface area (Å²) in [5.41, 5.74) is 12.5. The maximum Gasteiger partial charge on any atom is 0.490 e. The number of hydrogen-bond donors (Lipinski definition) is 5. The molecule has 1 aliphatic rings. The summed E-state index contributed by atoms with van der Waals surface area (Å²) in [5, 5.41) is 25.8. The van der Waals surface area contributed by atoms with Gasteiger partial charge in [-0.25, -0.2) is 14.4 Å². The predicted molar refractivity (Wildman–Crippen MR) is 134 cm³/mol. The van der Waals surface area contributed by atoms with Gasteiger partial charge in [0.25, 0.3) is 0 Å². The zero-order valence-corrected chi connectivity index (χ0v) is 22.0. The zero-order chi connectivity index (χ0) is 30.6. The highest BCUT2D eigenvalue weighted by Crippen LogP contribution is 2.34. The standard InChI is InChI=1S/C22H33N5O6.C2HF3O2/c1-26(22(31)32-10-4-3-9-23)19(21(29)30)12-16(28)11-17-13-18(27(2)33-17)14-5-7-15(8-6-14)20(24)25;3-2(4,5)1(6)7/h5-8,17-19H,3-4,9-13,23H2,1-2H3,(H3,24,25)(H,29,30);(H,6,7)/t17-,18-,19-;/m0./s1. The number of carbonyl (C=O) groups excluding carboxylic acids is 2. The van der Waals surface area contributed by atoms with Gasteiger partial charge in [-0.1, -0.05) is 24.3 Å². The fraction of sp³-hybridized carbons (Fsp3) is 0.542. The zero-order valence-electron chi connectivity index (χ0n) is 22.0. The number of Topliss-reactive ketones (excluding diaryl/α,β-unsaturated/α-hetero) is 1.